The molecule has 1 amide bonds. The molecule has 4 rings (SSSR count). The van der Waals surface area contributed by atoms with E-state index in [0.717, 1.165) is 31.4 Å². The van der Waals surface area contributed by atoms with E-state index in [1.807, 2.05) is 30.0 Å². The van der Waals surface area contributed by atoms with E-state index in [-0.39, 0.29) is 23.8 Å². The van der Waals surface area contributed by atoms with Crippen LogP contribution in [0.2, 0.25) is 0 Å². The average Bonchev–Trinajstić information content (AvgIpc) is 3.17. The number of hydrogen-bond donors (Lipinski definition) is 0. The second-order valence-corrected chi connectivity index (χ2v) is 7.09. The second-order valence-electron chi connectivity index (χ2n) is 7.09. The molecule has 4 nitrogen and oxygen atoms in total. The number of carboxylic acids is 1. The summed E-state index contributed by atoms with van der Waals surface area (Å²) in [6, 6.07) is 8.05. The van der Waals surface area contributed by atoms with Crippen molar-refractivity contribution in [2.24, 2.45) is 23.7 Å². The molecule has 0 unspecified atom stereocenters. The summed E-state index contributed by atoms with van der Waals surface area (Å²) in [4.78, 5) is 26.6. The largest absolute Gasteiger partial charge is 0.550 e. The van der Waals surface area contributed by atoms with Crippen molar-refractivity contribution in [2.75, 3.05) is 4.90 Å². The lowest BCUT2D eigenvalue weighted by atomic mass is 9.78. The molecule has 1 aromatic rings. The molecule has 2 saturated carbocycles. The van der Waals surface area contributed by atoms with E-state index in [2.05, 4.69) is 6.07 Å². The van der Waals surface area contributed by atoms with Gasteiger partial charge in [0.25, 0.3) is 0 Å². The van der Waals surface area contributed by atoms with Gasteiger partial charge in [0.15, 0.2) is 0 Å². The Morgan fingerprint density at radius 3 is 2.55 bits per heavy atom. The molecule has 0 saturated heterocycles. The maximum atomic E-state index is 13.2. The lowest BCUT2D eigenvalue weighted by Gasteiger charge is -2.35. The third-order valence-corrected chi connectivity index (χ3v) is 5.92. The highest BCUT2D eigenvalue weighted by molar-refractivity contribution is 6.00. The summed E-state index contributed by atoms with van der Waals surface area (Å²) in [7, 11) is 0. The van der Waals surface area contributed by atoms with Crippen LogP contribution in [0.3, 0.4) is 0 Å². The number of nitrogens with zero attached hydrogens (tertiary/aromatic N) is 1. The molecule has 0 radical (unpaired) electrons. The highest BCUT2D eigenvalue weighted by Gasteiger charge is 2.53. The summed E-state index contributed by atoms with van der Waals surface area (Å²) < 4.78 is 0. The van der Waals surface area contributed by atoms with Gasteiger partial charge in [-0.15, -0.1) is 0 Å². The minimum atomic E-state index is -1.04. The maximum absolute atomic E-state index is 13.2. The van der Waals surface area contributed by atoms with Crippen molar-refractivity contribution in [3.63, 3.8) is 0 Å². The van der Waals surface area contributed by atoms with Crippen LogP contribution in [0.4, 0.5) is 5.69 Å². The van der Waals surface area contributed by atoms with Crippen molar-refractivity contribution < 1.29 is 14.7 Å². The van der Waals surface area contributed by atoms with Gasteiger partial charge in [-0.25, -0.2) is 0 Å². The molecule has 4 heteroatoms. The third-order valence-electron chi connectivity index (χ3n) is 5.92. The molecule has 22 heavy (non-hydrogen) atoms. The Balaban J connectivity index is 1.68. The molecule has 116 valence electrons. The number of benzene rings is 1. The molecule has 1 aromatic carbocycles. The van der Waals surface area contributed by atoms with Crippen molar-refractivity contribution in [1.82, 2.24) is 0 Å². The van der Waals surface area contributed by atoms with E-state index in [4.69, 9.17) is 0 Å². The molecule has 1 heterocycles. The first-order valence-corrected chi connectivity index (χ1v) is 8.19. The van der Waals surface area contributed by atoms with Crippen LogP contribution in [-0.4, -0.2) is 17.9 Å². The van der Waals surface area contributed by atoms with Crippen LogP contribution in [0.5, 0.6) is 0 Å². The zero-order valence-electron chi connectivity index (χ0n) is 12.7. The smallest absolute Gasteiger partial charge is 0.231 e. The SMILES string of the molecule is C[C@@H]1Cc2ccccc2N1C(=O)[C@@H]1[C@@H]2CC[C@H](C2)[C@@H]1C(=O)[O-]. The van der Waals surface area contributed by atoms with Gasteiger partial charge >= 0.3 is 0 Å². The molecule has 1 aliphatic heterocycles. The van der Waals surface area contributed by atoms with Gasteiger partial charge in [-0.3, -0.25) is 4.79 Å². The lowest BCUT2D eigenvalue weighted by Crippen LogP contribution is -2.48. The standard InChI is InChI=1S/C18H21NO3/c1-10-8-11-4-2-3-5-14(11)19(10)17(20)15-12-6-7-13(9-12)16(15)18(21)22/h2-5,10,12-13,15-16H,6-9H2,1H3,(H,21,22)/p-1/t10-,12-,13-,15-,16+/m1/s1. The number of carbonyl (C=O) groups excluding carboxylic acids is 2. The number of rotatable bonds is 2. The second kappa shape index (κ2) is 4.83. The fourth-order valence-corrected chi connectivity index (χ4v) is 5.05. The molecule has 2 aliphatic carbocycles. The number of hydrogen-bond acceptors (Lipinski definition) is 3. The van der Waals surface area contributed by atoms with Crippen LogP contribution in [0.1, 0.15) is 31.7 Å². The first-order chi connectivity index (χ1) is 10.6. The van der Waals surface area contributed by atoms with Gasteiger partial charge < -0.3 is 14.8 Å². The van der Waals surface area contributed by atoms with Gasteiger partial charge in [-0.05, 0) is 56.1 Å². The van der Waals surface area contributed by atoms with E-state index in [1.54, 1.807) is 0 Å². The predicted octanol–water partition coefficient (Wildman–Crippen LogP) is 1.38. The number of aliphatic carboxylic acids is 1. The zero-order valence-corrected chi connectivity index (χ0v) is 12.7. The van der Waals surface area contributed by atoms with Crippen LogP contribution in [0.15, 0.2) is 24.3 Å². The predicted molar refractivity (Wildman–Crippen MR) is 79.9 cm³/mol. The number of carbonyl (C=O) groups is 2. The molecule has 2 bridgehead atoms. The van der Waals surface area contributed by atoms with Gasteiger partial charge in [0.05, 0.1) is 0 Å². The topological polar surface area (TPSA) is 60.4 Å². The van der Waals surface area contributed by atoms with Crippen molar-refractivity contribution in [3.8, 4) is 0 Å². The summed E-state index contributed by atoms with van der Waals surface area (Å²) >= 11 is 0. The Hall–Kier alpha value is -1.84. The Morgan fingerprint density at radius 1 is 1.14 bits per heavy atom. The van der Waals surface area contributed by atoms with Gasteiger partial charge in [0.1, 0.15) is 0 Å². The lowest BCUT2D eigenvalue weighted by molar-refractivity contribution is -0.314. The van der Waals surface area contributed by atoms with E-state index in [9.17, 15) is 14.7 Å². The number of para-hydroxylation sites is 1. The Morgan fingerprint density at radius 2 is 1.82 bits per heavy atom. The van der Waals surface area contributed by atoms with Crippen LogP contribution in [-0.2, 0) is 16.0 Å². The minimum Gasteiger partial charge on any atom is -0.550 e. The van der Waals surface area contributed by atoms with E-state index in [0.29, 0.717) is 0 Å². The molecule has 0 spiro atoms. The van der Waals surface area contributed by atoms with Crippen LogP contribution in [0.25, 0.3) is 0 Å². The fourth-order valence-electron chi connectivity index (χ4n) is 5.05. The van der Waals surface area contributed by atoms with Crippen LogP contribution in [0, 0.1) is 23.7 Å². The first-order valence-electron chi connectivity index (χ1n) is 8.19. The zero-order chi connectivity index (χ0) is 15.4. The summed E-state index contributed by atoms with van der Waals surface area (Å²) in [6.45, 7) is 2.04. The molecule has 0 N–H and O–H groups in total. The van der Waals surface area contributed by atoms with Gasteiger partial charge in [0, 0.05) is 29.5 Å². The Bertz CT molecular complexity index is 641. The fraction of sp³-hybridized carbons (Fsp3) is 0.556. The van der Waals surface area contributed by atoms with Gasteiger partial charge in [0.2, 0.25) is 5.91 Å². The quantitative estimate of drug-likeness (QED) is 0.828. The summed E-state index contributed by atoms with van der Waals surface area (Å²) in [5, 5.41) is 11.6. The summed E-state index contributed by atoms with van der Waals surface area (Å²) in [5.74, 6) is -1.66. The minimum absolute atomic E-state index is 0.00106. The van der Waals surface area contributed by atoms with E-state index >= 15 is 0 Å². The van der Waals surface area contributed by atoms with Crippen molar-refractivity contribution in [3.05, 3.63) is 29.8 Å². The maximum Gasteiger partial charge on any atom is 0.231 e. The molecular weight excluding hydrogens is 278 g/mol. The first kappa shape index (κ1) is 13.8. The van der Waals surface area contributed by atoms with E-state index < -0.39 is 17.8 Å². The highest BCUT2D eigenvalue weighted by Crippen LogP contribution is 2.53. The van der Waals surface area contributed by atoms with Crippen LogP contribution < -0.4 is 10.0 Å². The Labute approximate surface area is 130 Å². The highest BCUT2D eigenvalue weighted by atomic mass is 16.4. The Kier molecular flexibility index (Phi) is 3.03. The van der Waals surface area contributed by atoms with Crippen LogP contribution >= 0.6 is 0 Å². The third kappa shape index (κ3) is 1.82. The van der Waals surface area contributed by atoms with Crippen molar-refractivity contribution in [2.45, 2.75) is 38.6 Å². The van der Waals surface area contributed by atoms with E-state index in [1.165, 1.54) is 5.56 Å². The molecule has 5 atom stereocenters. The molecule has 0 aromatic heterocycles. The number of anilines is 1. The van der Waals surface area contributed by atoms with Crippen molar-refractivity contribution >= 4 is 17.6 Å². The number of amides is 1. The monoisotopic (exact) mass is 298 g/mol. The summed E-state index contributed by atoms with van der Waals surface area (Å²) in [6.07, 6.45) is 3.63. The number of fused-ring (bicyclic) bond motifs is 3. The molecule has 2 fully saturated rings. The molecule has 3 aliphatic rings. The van der Waals surface area contributed by atoms with Crippen molar-refractivity contribution in [1.29, 1.82) is 0 Å². The number of carboxylic acid groups (broad SMARTS) is 1. The summed E-state index contributed by atoms with van der Waals surface area (Å²) in [5.41, 5.74) is 2.14. The van der Waals surface area contributed by atoms with Gasteiger partial charge in [-0.2, -0.15) is 0 Å². The molecular formula is C18H20NO3-. The normalized spacial score (nSPS) is 35.7. The van der Waals surface area contributed by atoms with Gasteiger partial charge in [-0.1, -0.05) is 18.2 Å². The average molecular weight is 298 g/mol.